The summed E-state index contributed by atoms with van der Waals surface area (Å²) in [4.78, 5) is 9.83. The Morgan fingerprint density at radius 2 is 1.96 bits per heavy atom. The van der Waals surface area contributed by atoms with Gasteiger partial charge in [0.05, 0.1) is 6.54 Å². The van der Waals surface area contributed by atoms with Crippen LogP contribution in [0.25, 0.3) is 0 Å². The molecule has 2 saturated heterocycles. The van der Waals surface area contributed by atoms with Gasteiger partial charge in [-0.3, -0.25) is 9.20 Å². The first-order chi connectivity index (χ1) is 13.7. The van der Waals surface area contributed by atoms with Crippen molar-refractivity contribution in [1.29, 1.82) is 0 Å². The van der Waals surface area contributed by atoms with Gasteiger partial charge in [0.2, 0.25) is 0 Å². The van der Waals surface area contributed by atoms with Crippen LogP contribution in [0.5, 0.6) is 0 Å². The molecule has 2 aliphatic rings. The molecule has 6 heteroatoms. The molecule has 1 N–H and O–H groups in total. The number of likely N-dealkylation sites (tertiary alicyclic amines) is 2. The lowest BCUT2D eigenvalue weighted by Crippen LogP contribution is -2.41. The van der Waals surface area contributed by atoms with E-state index in [1.807, 2.05) is 30.3 Å². The average Bonchev–Trinajstić information content (AvgIpc) is 3.17. The summed E-state index contributed by atoms with van der Waals surface area (Å²) in [6.07, 6.45) is 5.37. The zero-order valence-electron chi connectivity index (χ0n) is 17.3. The normalized spacial score (nSPS) is 22.4. The summed E-state index contributed by atoms with van der Waals surface area (Å²) in [7, 11) is -0.865. The molecule has 1 aromatic rings. The molecule has 2 unspecified atom stereocenters. The number of nitrogens with one attached hydrogen (secondary N) is 1. The molecule has 2 aliphatic heterocycles. The van der Waals surface area contributed by atoms with Crippen molar-refractivity contribution < 1.29 is 4.21 Å². The van der Waals surface area contributed by atoms with E-state index in [0.29, 0.717) is 18.1 Å². The Balaban J connectivity index is 1.45. The number of aliphatic imine (C=N–C) groups is 1. The summed E-state index contributed by atoms with van der Waals surface area (Å²) < 4.78 is 12.3. The lowest BCUT2D eigenvalue weighted by Gasteiger charge is -2.29. The van der Waals surface area contributed by atoms with Gasteiger partial charge >= 0.3 is 0 Å². The maximum absolute atomic E-state index is 12.3. The highest BCUT2D eigenvalue weighted by Crippen LogP contribution is 2.20. The van der Waals surface area contributed by atoms with Crippen molar-refractivity contribution in [3.8, 4) is 0 Å². The van der Waals surface area contributed by atoms with E-state index in [4.69, 9.17) is 4.99 Å². The highest BCUT2D eigenvalue weighted by atomic mass is 32.2. The molecule has 0 aliphatic carbocycles. The van der Waals surface area contributed by atoms with Crippen LogP contribution in [0.1, 0.15) is 38.2 Å². The number of rotatable bonds is 8. The van der Waals surface area contributed by atoms with Gasteiger partial charge in [-0.2, -0.15) is 0 Å². The number of benzene rings is 1. The van der Waals surface area contributed by atoms with Crippen molar-refractivity contribution in [2.75, 3.05) is 51.6 Å². The molecule has 2 fully saturated rings. The fourth-order valence-corrected chi connectivity index (χ4v) is 5.20. The van der Waals surface area contributed by atoms with Gasteiger partial charge in [0.1, 0.15) is 0 Å². The van der Waals surface area contributed by atoms with Crippen LogP contribution in [-0.2, 0) is 16.6 Å². The molecule has 0 aromatic heterocycles. The summed E-state index contributed by atoms with van der Waals surface area (Å²) >= 11 is 0. The summed E-state index contributed by atoms with van der Waals surface area (Å²) in [5.74, 6) is 2.98. The van der Waals surface area contributed by atoms with Crippen LogP contribution in [0.2, 0.25) is 0 Å². The molecule has 0 spiro atoms. The van der Waals surface area contributed by atoms with Crippen LogP contribution in [0.15, 0.2) is 35.3 Å². The van der Waals surface area contributed by atoms with E-state index in [-0.39, 0.29) is 0 Å². The summed E-state index contributed by atoms with van der Waals surface area (Å²) in [6.45, 7) is 9.57. The zero-order valence-corrected chi connectivity index (χ0v) is 18.1. The van der Waals surface area contributed by atoms with Crippen molar-refractivity contribution >= 4 is 16.8 Å². The van der Waals surface area contributed by atoms with E-state index in [1.54, 1.807) is 0 Å². The Morgan fingerprint density at radius 3 is 2.71 bits per heavy atom. The Morgan fingerprint density at radius 1 is 1.18 bits per heavy atom. The van der Waals surface area contributed by atoms with Crippen LogP contribution in [0.3, 0.4) is 0 Å². The smallest absolute Gasteiger partial charge is 0.193 e. The van der Waals surface area contributed by atoms with Crippen LogP contribution in [-0.4, -0.2) is 71.5 Å². The Kier molecular flexibility index (Phi) is 8.80. The quantitative estimate of drug-likeness (QED) is 0.535. The molecule has 156 valence electrons. The van der Waals surface area contributed by atoms with Crippen molar-refractivity contribution in [2.24, 2.45) is 10.9 Å². The van der Waals surface area contributed by atoms with Crippen LogP contribution < -0.4 is 5.32 Å². The van der Waals surface area contributed by atoms with E-state index in [9.17, 15) is 4.21 Å². The topological polar surface area (TPSA) is 47.9 Å². The third-order valence-corrected chi connectivity index (χ3v) is 6.93. The van der Waals surface area contributed by atoms with Gasteiger partial charge in [0, 0.05) is 48.5 Å². The summed E-state index contributed by atoms with van der Waals surface area (Å²) in [5.41, 5.74) is 1.14. The standard InChI is InChI=1S/C22H36N4OS/c1-2-23-22(24-12-16-28(27)19-20-9-5-3-6-10-20)26-15-11-21(18-26)17-25-13-7-4-8-14-25/h3,5-6,9-10,21H,2,4,7-8,11-19H2,1H3,(H,23,24). The highest BCUT2D eigenvalue weighted by molar-refractivity contribution is 7.84. The molecular weight excluding hydrogens is 368 g/mol. The van der Waals surface area contributed by atoms with Gasteiger partial charge in [-0.25, -0.2) is 0 Å². The van der Waals surface area contributed by atoms with E-state index in [2.05, 4.69) is 22.0 Å². The number of guanidine groups is 1. The first-order valence-electron chi connectivity index (χ1n) is 10.9. The molecule has 0 radical (unpaired) electrons. The maximum atomic E-state index is 12.3. The number of nitrogens with zero attached hydrogens (tertiary/aromatic N) is 3. The highest BCUT2D eigenvalue weighted by Gasteiger charge is 2.26. The average molecular weight is 405 g/mol. The molecule has 1 aromatic carbocycles. The van der Waals surface area contributed by atoms with Gasteiger partial charge in [0.25, 0.3) is 0 Å². The predicted molar refractivity (Wildman–Crippen MR) is 119 cm³/mol. The SMILES string of the molecule is CCNC(=NCCS(=O)Cc1ccccc1)N1CCC(CN2CCCCC2)C1. The van der Waals surface area contributed by atoms with Gasteiger partial charge in [0.15, 0.2) is 5.96 Å². The lowest BCUT2D eigenvalue weighted by molar-refractivity contribution is 0.198. The first-order valence-corrected chi connectivity index (χ1v) is 12.4. The second-order valence-corrected chi connectivity index (χ2v) is 9.55. The Bertz CT molecular complexity index is 631. The van der Waals surface area contributed by atoms with E-state index >= 15 is 0 Å². The third-order valence-electron chi connectivity index (χ3n) is 5.64. The molecule has 3 rings (SSSR count). The number of piperidine rings is 1. The van der Waals surface area contributed by atoms with Crippen molar-refractivity contribution in [3.05, 3.63) is 35.9 Å². The minimum atomic E-state index is -0.865. The molecule has 0 saturated carbocycles. The monoisotopic (exact) mass is 404 g/mol. The zero-order chi connectivity index (χ0) is 19.6. The molecule has 28 heavy (non-hydrogen) atoms. The number of hydrogen-bond acceptors (Lipinski definition) is 3. The van der Waals surface area contributed by atoms with Crippen LogP contribution in [0.4, 0.5) is 0 Å². The largest absolute Gasteiger partial charge is 0.357 e. The second kappa shape index (κ2) is 11.6. The van der Waals surface area contributed by atoms with Crippen molar-refractivity contribution in [1.82, 2.24) is 15.1 Å². The fraction of sp³-hybridized carbons (Fsp3) is 0.682. The number of hydrogen-bond donors (Lipinski definition) is 1. The lowest BCUT2D eigenvalue weighted by atomic mass is 10.1. The molecule has 0 amide bonds. The van der Waals surface area contributed by atoms with E-state index in [0.717, 1.165) is 37.1 Å². The van der Waals surface area contributed by atoms with E-state index < -0.39 is 10.8 Å². The Labute approximate surface area is 173 Å². The molecule has 2 heterocycles. The second-order valence-electron chi connectivity index (χ2n) is 7.97. The van der Waals surface area contributed by atoms with Crippen LogP contribution in [0, 0.1) is 5.92 Å². The Hall–Kier alpha value is -1.40. The maximum Gasteiger partial charge on any atom is 0.193 e. The summed E-state index contributed by atoms with van der Waals surface area (Å²) in [6, 6.07) is 10.1. The summed E-state index contributed by atoms with van der Waals surface area (Å²) in [5, 5.41) is 3.44. The minimum Gasteiger partial charge on any atom is -0.357 e. The van der Waals surface area contributed by atoms with E-state index in [1.165, 1.54) is 45.3 Å². The van der Waals surface area contributed by atoms with Gasteiger partial charge in [-0.05, 0) is 50.8 Å². The molecule has 0 bridgehead atoms. The van der Waals surface area contributed by atoms with Crippen molar-refractivity contribution in [3.63, 3.8) is 0 Å². The molecular formula is C22H36N4OS. The third kappa shape index (κ3) is 6.89. The van der Waals surface area contributed by atoms with Crippen LogP contribution >= 0.6 is 0 Å². The van der Waals surface area contributed by atoms with Gasteiger partial charge in [-0.15, -0.1) is 0 Å². The molecule has 2 atom stereocenters. The van der Waals surface area contributed by atoms with Gasteiger partial charge < -0.3 is 15.1 Å². The predicted octanol–water partition coefficient (Wildman–Crippen LogP) is 2.71. The van der Waals surface area contributed by atoms with Crippen molar-refractivity contribution in [2.45, 2.75) is 38.4 Å². The molecule has 5 nitrogen and oxygen atoms in total. The fourth-order valence-electron chi connectivity index (χ4n) is 4.19. The minimum absolute atomic E-state index is 0.620. The first kappa shape index (κ1) is 21.3. The van der Waals surface area contributed by atoms with Gasteiger partial charge in [-0.1, -0.05) is 36.8 Å².